The van der Waals surface area contributed by atoms with Crippen LogP contribution in [0.1, 0.15) is 42.5 Å². The molecule has 1 aliphatic heterocycles. The van der Waals surface area contributed by atoms with Crippen molar-refractivity contribution in [1.29, 1.82) is 0 Å². The second-order valence-electron chi connectivity index (χ2n) is 7.86. The molecule has 1 aliphatic carbocycles. The molecule has 0 radical (unpaired) electrons. The monoisotopic (exact) mass is 436 g/mol. The number of carbonyl (C=O) groups excluding carboxylic acids is 1. The van der Waals surface area contributed by atoms with E-state index in [4.69, 9.17) is 25.9 Å². The van der Waals surface area contributed by atoms with Gasteiger partial charge in [0, 0.05) is 17.7 Å². The molecule has 5 N–H and O–H groups in total. The molecule has 168 valence electrons. The molecular weight excluding hydrogens is 408 g/mol. The number of nitrogens with one attached hydrogen (secondary N) is 1. The molecule has 32 heavy (non-hydrogen) atoms. The maximum atomic E-state index is 12.7. The number of ether oxygens (including phenoxy) is 2. The molecule has 4 rings (SSSR count). The molecule has 0 bridgehead atoms. The van der Waals surface area contributed by atoms with Gasteiger partial charge in [-0.1, -0.05) is 24.6 Å². The lowest BCUT2D eigenvalue weighted by molar-refractivity contribution is 0.102. The van der Waals surface area contributed by atoms with Crippen LogP contribution in [-0.2, 0) is 0 Å². The van der Waals surface area contributed by atoms with Gasteiger partial charge in [0.15, 0.2) is 0 Å². The van der Waals surface area contributed by atoms with Crippen LogP contribution in [0.4, 0.5) is 11.4 Å². The van der Waals surface area contributed by atoms with Crippen LogP contribution in [0.15, 0.2) is 52.4 Å². The van der Waals surface area contributed by atoms with Gasteiger partial charge in [0.2, 0.25) is 11.9 Å². The van der Waals surface area contributed by atoms with Gasteiger partial charge in [-0.05, 0) is 37.8 Å². The van der Waals surface area contributed by atoms with E-state index in [2.05, 4.69) is 10.3 Å². The van der Waals surface area contributed by atoms with Crippen molar-refractivity contribution in [2.75, 3.05) is 24.4 Å². The standard InChI is InChI=1S/C23H28N6O3/c1-31-18-14-17(29-22(25)27-21(24)28-23(29)11-7-4-8-12-23)19(32-2)13-16(18)26-20(30)15-9-5-3-6-10-15/h3,5-6,9-10,13-14H,4,7-8,11-12H2,1-2H3,(H,26,30)(H4,24,25,27,28). The number of anilines is 2. The average Bonchev–Trinajstić information content (AvgIpc) is 2.80. The first-order chi connectivity index (χ1) is 15.5. The first-order valence-corrected chi connectivity index (χ1v) is 10.6. The number of benzene rings is 2. The Morgan fingerprint density at radius 1 is 1.03 bits per heavy atom. The van der Waals surface area contributed by atoms with E-state index < -0.39 is 5.66 Å². The van der Waals surface area contributed by atoms with E-state index in [-0.39, 0.29) is 17.8 Å². The van der Waals surface area contributed by atoms with Gasteiger partial charge in [0.1, 0.15) is 17.2 Å². The van der Waals surface area contributed by atoms with Crippen LogP contribution in [0.5, 0.6) is 11.5 Å². The fraction of sp³-hybridized carbons (Fsp3) is 0.348. The number of amides is 1. The SMILES string of the molecule is COc1cc(N2C(N)=NC(N)=NC23CCCCC3)c(OC)cc1NC(=O)c1ccccc1. The molecule has 9 nitrogen and oxygen atoms in total. The van der Waals surface area contributed by atoms with Crippen molar-refractivity contribution >= 4 is 29.2 Å². The van der Waals surface area contributed by atoms with Crippen molar-refractivity contribution in [3.63, 3.8) is 0 Å². The summed E-state index contributed by atoms with van der Waals surface area (Å²) >= 11 is 0. The summed E-state index contributed by atoms with van der Waals surface area (Å²) in [5.41, 5.74) is 13.4. The number of carbonyl (C=O) groups is 1. The Balaban J connectivity index is 1.76. The van der Waals surface area contributed by atoms with E-state index in [9.17, 15) is 4.79 Å². The Kier molecular flexibility index (Phi) is 5.89. The Labute approximate surface area is 187 Å². The topological polar surface area (TPSA) is 128 Å². The Bertz CT molecular complexity index is 1060. The average molecular weight is 437 g/mol. The van der Waals surface area contributed by atoms with Gasteiger partial charge in [-0.15, -0.1) is 0 Å². The zero-order valence-corrected chi connectivity index (χ0v) is 18.3. The van der Waals surface area contributed by atoms with Crippen molar-refractivity contribution in [2.24, 2.45) is 21.5 Å². The third-order valence-corrected chi connectivity index (χ3v) is 5.88. The van der Waals surface area contributed by atoms with Gasteiger partial charge in [0.25, 0.3) is 5.91 Å². The van der Waals surface area contributed by atoms with E-state index >= 15 is 0 Å². The summed E-state index contributed by atoms with van der Waals surface area (Å²) < 4.78 is 11.3. The fourth-order valence-corrected chi connectivity index (χ4v) is 4.41. The zero-order valence-electron chi connectivity index (χ0n) is 18.3. The highest BCUT2D eigenvalue weighted by Gasteiger charge is 2.44. The second-order valence-corrected chi connectivity index (χ2v) is 7.86. The Morgan fingerprint density at radius 2 is 1.72 bits per heavy atom. The molecule has 1 amide bonds. The molecule has 0 unspecified atom stereocenters. The summed E-state index contributed by atoms with van der Waals surface area (Å²) in [6.07, 6.45) is 4.73. The van der Waals surface area contributed by atoms with Gasteiger partial charge < -0.3 is 26.3 Å². The first kappa shape index (κ1) is 21.5. The maximum Gasteiger partial charge on any atom is 0.255 e. The van der Waals surface area contributed by atoms with Gasteiger partial charge in [-0.3, -0.25) is 9.69 Å². The van der Waals surface area contributed by atoms with Gasteiger partial charge in [-0.25, -0.2) is 4.99 Å². The quantitative estimate of drug-likeness (QED) is 0.661. The molecule has 1 heterocycles. The van der Waals surface area contributed by atoms with Gasteiger partial charge in [0.05, 0.1) is 25.6 Å². The first-order valence-electron chi connectivity index (χ1n) is 10.6. The lowest BCUT2D eigenvalue weighted by atomic mass is 9.87. The highest BCUT2D eigenvalue weighted by Crippen LogP contribution is 2.45. The number of hydrogen-bond donors (Lipinski definition) is 3. The van der Waals surface area contributed by atoms with Gasteiger partial charge >= 0.3 is 0 Å². The number of methoxy groups -OCH3 is 2. The summed E-state index contributed by atoms with van der Waals surface area (Å²) in [6, 6.07) is 12.5. The van der Waals surface area contributed by atoms with Crippen LogP contribution in [0.3, 0.4) is 0 Å². The molecule has 1 fully saturated rings. The third-order valence-electron chi connectivity index (χ3n) is 5.88. The number of aliphatic imine (C=N–C) groups is 2. The summed E-state index contributed by atoms with van der Waals surface area (Å²) in [7, 11) is 3.11. The van der Waals surface area contributed by atoms with E-state index in [0.29, 0.717) is 28.4 Å². The second kappa shape index (κ2) is 8.78. The molecule has 2 aliphatic rings. The Hall–Kier alpha value is -3.75. The van der Waals surface area contributed by atoms with Crippen LogP contribution in [-0.4, -0.2) is 37.7 Å². The predicted molar refractivity (Wildman–Crippen MR) is 125 cm³/mol. The lowest BCUT2D eigenvalue weighted by Crippen LogP contribution is -2.58. The zero-order chi connectivity index (χ0) is 22.7. The fourth-order valence-electron chi connectivity index (χ4n) is 4.41. The molecule has 1 saturated carbocycles. The minimum absolute atomic E-state index is 0.179. The molecule has 0 atom stereocenters. The van der Waals surface area contributed by atoms with Crippen LogP contribution in [0.25, 0.3) is 0 Å². The molecule has 2 aromatic rings. The maximum absolute atomic E-state index is 12.7. The number of nitrogens with two attached hydrogens (primary N) is 2. The molecule has 0 aromatic heterocycles. The van der Waals surface area contributed by atoms with E-state index in [0.717, 1.165) is 32.1 Å². The highest BCUT2D eigenvalue weighted by molar-refractivity contribution is 6.08. The smallest absolute Gasteiger partial charge is 0.255 e. The largest absolute Gasteiger partial charge is 0.494 e. The minimum Gasteiger partial charge on any atom is -0.494 e. The molecule has 9 heteroatoms. The number of rotatable bonds is 5. The van der Waals surface area contributed by atoms with Crippen LogP contribution in [0, 0.1) is 0 Å². The van der Waals surface area contributed by atoms with E-state index in [1.807, 2.05) is 23.1 Å². The minimum atomic E-state index is -0.624. The van der Waals surface area contributed by atoms with Crippen LogP contribution < -0.4 is 31.2 Å². The summed E-state index contributed by atoms with van der Waals surface area (Å²) in [4.78, 5) is 23.5. The highest BCUT2D eigenvalue weighted by atomic mass is 16.5. The van der Waals surface area contributed by atoms with Crippen LogP contribution >= 0.6 is 0 Å². The summed E-state index contributed by atoms with van der Waals surface area (Å²) in [5.74, 6) is 1.15. The van der Waals surface area contributed by atoms with Crippen molar-refractivity contribution in [1.82, 2.24) is 0 Å². The summed E-state index contributed by atoms with van der Waals surface area (Å²) in [6.45, 7) is 0. The van der Waals surface area contributed by atoms with E-state index in [1.165, 1.54) is 0 Å². The number of guanidine groups is 2. The lowest BCUT2D eigenvalue weighted by Gasteiger charge is -2.46. The molecular formula is C23H28N6O3. The molecule has 2 aromatic carbocycles. The predicted octanol–water partition coefficient (Wildman–Crippen LogP) is 3.07. The Morgan fingerprint density at radius 3 is 2.38 bits per heavy atom. The van der Waals surface area contributed by atoms with Crippen molar-refractivity contribution in [3.05, 3.63) is 48.0 Å². The normalized spacial score (nSPS) is 17.4. The number of hydrogen-bond acceptors (Lipinski definition) is 8. The van der Waals surface area contributed by atoms with Crippen molar-refractivity contribution in [3.8, 4) is 11.5 Å². The van der Waals surface area contributed by atoms with Gasteiger partial charge in [-0.2, -0.15) is 4.99 Å². The van der Waals surface area contributed by atoms with Crippen molar-refractivity contribution < 1.29 is 14.3 Å². The van der Waals surface area contributed by atoms with Crippen molar-refractivity contribution in [2.45, 2.75) is 37.8 Å². The molecule has 0 saturated heterocycles. The third kappa shape index (κ3) is 3.93. The summed E-state index contributed by atoms with van der Waals surface area (Å²) in [5, 5.41) is 2.90. The van der Waals surface area contributed by atoms with Crippen LogP contribution in [0.2, 0.25) is 0 Å². The molecule has 1 spiro atoms. The number of nitrogens with zero attached hydrogens (tertiary/aromatic N) is 3. The van der Waals surface area contributed by atoms with E-state index in [1.54, 1.807) is 38.5 Å².